The predicted molar refractivity (Wildman–Crippen MR) is 77.8 cm³/mol. The zero-order valence-electron chi connectivity index (χ0n) is 11.8. The number of carbonyl (C=O) groups is 1. The second-order valence-electron chi connectivity index (χ2n) is 5.18. The first-order valence-corrected chi connectivity index (χ1v) is 6.99. The van der Waals surface area contributed by atoms with Crippen LogP contribution in [0.15, 0.2) is 29.1 Å². The Kier molecular flexibility index (Phi) is 3.70. The van der Waals surface area contributed by atoms with E-state index in [0.717, 1.165) is 19.4 Å². The summed E-state index contributed by atoms with van der Waals surface area (Å²) in [5.74, 6) is 0.352. The molecule has 1 atom stereocenters. The number of aromatic nitrogens is 2. The van der Waals surface area contributed by atoms with Crippen LogP contribution in [0.1, 0.15) is 18.7 Å². The smallest absolute Gasteiger partial charge is 0.323 e. The van der Waals surface area contributed by atoms with E-state index in [1.807, 2.05) is 23.1 Å². The van der Waals surface area contributed by atoms with E-state index < -0.39 is 0 Å². The molecule has 0 radical (unpaired) electrons. The number of rotatable bonds is 3. The fourth-order valence-corrected chi connectivity index (χ4v) is 2.82. The number of nitrogens with one attached hydrogen (secondary N) is 1. The summed E-state index contributed by atoms with van der Waals surface area (Å²) in [6.07, 6.45) is 1.72. The third kappa shape index (κ3) is 2.67. The Morgan fingerprint density at radius 3 is 3.10 bits per heavy atom. The minimum absolute atomic E-state index is 0.149. The van der Waals surface area contributed by atoms with Gasteiger partial charge in [-0.2, -0.15) is 0 Å². The highest BCUT2D eigenvalue weighted by atomic mass is 16.5. The Hall–Kier alpha value is -2.21. The monoisotopic (exact) mass is 287 g/mol. The molecule has 1 N–H and O–H groups in total. The Labute approximate surface area is 121 Å². The third-order valence-corrected chi connectivity index (χ3v) is 3.85. The molecule has 1 aliphatic heterocycles. The molecule has 0 spiro atoms. The SMILES string of the molecule is COC(=O)C1CCCN1Cc1nc2ccccc2c(=O)[nH]1. The average molecular weight is 287 g/mol. The van der Waals surface area contributed by atoms with Gasteiger partial charge in [0.05, 0.1) is 24.6 Å². The van der Waals surface area contributed by atoms with Crippen molar-refractivity contribution in [3.05, 3.63) is 40.4 Å². The first-order chi connectivity index (χ1) is 10.2. The molecule has 0 saturated carbocycles. The maximum atomic E-state index is 12.0. The Morgan fingerprint density at radius 2 is 2.29 bits per heavy atom. The van der Waals surface area contributed by atoms with E-state index in [-0.39, 0.29) is 17.6 Å². The number of fused-ring (bicyclic) bond motifs is 1. The first kappa shape index (κ1) is 13.8. The zero-order chi connectivity index (χ0) is 14.8. The van der Waals surface area contributed by atoms with Crippen LogP contribution in [0.3, 0.4) is 0 Å². The number of nitrogens with zero attached hydrogens (tertiary/aromatic N) is 2. The maximum absolute atomic E-state index is 12.0. The number of hydrogen-bond donors (Lipinski definition) is 1. The Bertz CT molecular complexity index is 725. The van der Waals surface area contributed by atoms with Gasteiger partial charge in [0.25, 0.3) is 5.56 Å². The van der Waals surface area contributed by atoms with E-state index in [0.29, 0.717) is 23.3 Å². The van der Waals surface area contributed by atoms with Gasteiger partial charge in [-0.1, -0.05) is 12.1 Å². The van der Waals surface area contributed by atoms with Crippen molar-refractivity contribution in [1.82, 2.24) is 14.9 Å². The van der Waals surface area contributed by atoms with Crippen LogP contribution in [0.25, 0.3) is 10.9 Å². The molecule has 1 unspecified atom stereocenters. The molecule has 21 heavy (non-hydrogen) atoms. The first-order valence-electron chi connectivity index (χ1n) is 6.99. The molecule has 1 aromatic heterocycles. The van der Waals surface area contributed by atoms with Crippen molar-refractivity contribution in [1.29, 1.82) is 0 Å². The van der Waals surface area contributed by atoms with E-state index in [9.17, 15) is 9.59 Å². The van der Waals surface area contributed by atoms with E-state index in [2.05, 4.69) is 9.97 Å². The lowest BCUT2D eigenvalue weighted by Gasteiger charge is -2.21. The average Bonchev–Trinajstić information content (AvgIpc) is 2.94. The number of hydrogen-bond acceptors (Lipinski definition) is 5. The van der Waals surface area contributed by atoms with Crippen molar-refractivity contribution in [2.24, 2.45) is 0 Å². The summed E-state index contributed by atoms with van der Waals surface area (Å²) >= 11 is 0. The maximum Gasteiger partial charge on any atom is 0.323 e. The highest BCUT2D eigenvalue weighted by molar-refractivity contribution is 5.77. The number of methoxy groups -OCH3 is 1. The van der Waals surface area contributed by atoms with Crippen LogP contribution in [0.4, 0.5) is 0 Å². The standard InChI is InChI=1S/C15H17N3O3/c1-21-15(20)12-7-4-8-18(12)9-13-16-11-6-3-2-5-10(11)14(19)17-13/h2-3,5-6,12H,4,7-9H2,1H3,(H,16,17,19). The quantitative estimate of drug-likeness (QED) is 0.854. The lowest BCUT2D eigenvalue weighted by molar-refractivity contribution is -0.146. The molecule has 1 fully saturated rings. The van der Waals surface area contributed by atoms with Gasteiger partial charge in [-0.15, -0.1) is 0 Å². The summed E-state index contributed by atoms with van der Waals surface area (Å²) in [6.45, 7) is 1.25. The van der Waals surface area contributed by atoms with Gasteiger partial charge in [0, 0.05) is 0 Å². The molecule has 1 aromatic carbocycles. The summed E-state index contributed by atoms with van der Waals surface area (Å²) < 4.78 is 4.82. The molecule has 3 rings (SSSR count). The number of carbonyl (C=O) groups excluding carboxylic acids is 1. The normalized spacial score (nSPS) is 19.0. The molecule has 1 aliphatic rings. The fourth-order valence-electron chi connectivity index (χ4n) is 2.82. The number of benzene rings is 1. The van der Waals surface area contributed by atoms with E-state index >= 15 is 0 Å². The van der Waals surface area contributed by atoms with Gasteiger partial charge in [-0.25, -0.2) is 4.98 Å². The van der Waals surface area contributed by atoms with Crippen LogP contribution in [-0.2, 0) is 16.1 Å². The second-order valence-corrected chi connectivity index (χ2v) is 5.18. The lowest BCUT2D eigenvalue weighted by atomic mass is 10.2. The summed E-state index contributed by atoms with van der Waals surface area (Å²) in [7, 11) is 1.40. The molecule has 6 nitrogen and oxygen atoms in total. The fraction of sp³-hybridized carbons (Fsp3) is 0.400. The Morgan fingerprint density at radius 1 is 1.48 bits per heavy atom. The van der Waals surface area contributed by atoms with Gasteiger partial charge in [-0.3, -0.25) is 14.5 Å². The van der Waals surface area contributed by atoms with E-state index in [1.54, 1.807) is 6.07 Å². The van der Waals surface area contributed by atoms with Gasteiger partial charge in [-0.05, 0) is 31.5 Å². The molecule has 2 aromatic rings. The van der Waals surface area contributed by atoms with Crippen molar-refractivity contribution >= 4 is 16.9 Å². The minimum Gasteiger partial charge on any atom is -0.468 e. The zero-order valence-corrected chi connectivity index (χ0v) is 11.8. The van der Waals surface area contributed by atoms with Gasteiger partial charge < -0.3 is 9.72 Å². The largest absolute Gasteiger partial charge is 0.468 e. The number of H-pyrrole nitrogens is 1. The number of aromatic amines is 1. The van der Waals surface area contributed by atoms with Crippen molar-refractivity contribution < 1.29 is 9.53 Å². The van der Waals surface area contributed by atoms with Crippen molar-refractivity contribution in [2.45, 2.75) is 25.4 Å². The number of ether oxygens (including phenoxy) is 1. The van der Waals surface area contributed by atoms with E-state index in [1.165, 1.54) is 7.11 Å². The van der Waals surface area contributed by atoms with Crippen LogP contribution in [0, 0.1) is 0 Å². The van der Waals surface area contributed by atoms with Gasteiger partial charge in [0.2, 0.25) is 0 Å². The van der Waals surface area contributed by atoms with Crippen molar-refractivity contribution in [3.8, 4) is 0 Å². The van der Waals surface area contributed by atoms with Gasteiger partial charge in [0.1, 0.15) is 11.9 Å². The predicted octanol–water partition coefficient (Wildman–Crippen LogP) is 1.06. The number of para-hydroxylation sites is 1. The van der Waals surface area contributed by atoms with Crippen LogP contribution in [-0.4, -0.2) is 40.5 Å². The van der Waals surface area contributed by atoms with Crippen molar-refractivity contribution in [3.63, 3.8) is 0 Å². The summed E-state index contributed by atoms with van der Waals surface area (Å²) in [5.41, 5.74) is 0.523. The molecule has 1 saturated heterocycles. The number of likely N-dealkylation sites (tertiary alicyclic amines) is 1. The van der Waals surface area contributed by atoms with Crippen molar-refractivity contribution in [2.75, 3.05) is 13.7 Å². The molecular weight excluding hydrogens is 270 g/mol. The summed E-state index contributed by atoms with van der Waals surface area (Å²) in [4.78, 5) is 33.0. The molecule has 6 heteroatoms. The molecule has 110 valence electrons. The lowest BCUT2D eigenvalue weighted by Crippen LogP contribution is -2.37. The number of esters is 1. The molecular formula is C15H17N3O3. The van der Waals surface area contributed by atoms with Crippen LogP contribution < -0.4 is 5.56 Å². The van der Waals surface area contributed by atoms with Crippen LogP contribution in [0.2, 0.25) is 0 Å². The molecule has 2 heterocycles. The molecule has 0 bridgehead atoms. The Balaban J connectivity index is 1.88. The van der Waals surface area contributed by atoms with Crippen LogP contribution in [0.5, 0.6) is 0 Å². The highest BCUT2D eigenvalue weighted by Crippen LogP contribution is 2.20. The van der Waals surface area contributed by atoms with Gasteiger partial charge >= 0.3 is 5.97 Å². The van der Waals surface area contributed by atoms with E-state index in [4.69, 9.17) is 4.74 Å². The highest BCUT2D eigenvalue weighted by Gasteiger charge is 2.31. The topological polar surface area (TPSA) is 75.3 Å². The van der Waals surface area contributed by atoms with Crippen LogP contribution >= 0.6 is 0 Å². The third-order valence-electron chi connectivity index (χ3n) is 3.85. The van der Waals surface area contributed by atoms with Gasteiger partial charge in [0.15, 0.2) is 0 Å². The summed E-state index contributed by atoms with van der Waals surface area (Å²) in [6, 6.07) is 6.98. The molecule has 0 aliphatic carbocycles. The minimum atomic E-state index is -0.244. The second kappa shape index (κ2) is 5.65. The molecule has 0 amide bonds. The summed E-state index contributed by atoms with van der Waals surface area (Å²) in [5, 5.41) is 0.576.